The van der Waals surface area contributed by atoms with E-state index < -0.39 is 36.2 Å². The second-order valence-corrected chi connectivity index (χ2v) is 4.84. The van der Waals surface area contributed by atoms with Crippen molar-refractivity contribution in [1.82, 2.24) is 14.8 Å². The minimum atomic E-state index is -4.50. The molecule has 2 aromatic rings. The van der Waals surface area contributed by atoms with Crippen molar-refractivity contribution >= 4 is 17.8 Å². The molecule has 0 saturated heterocycles. The van der Waals surface area contributed by atoms with Crippen LogP contribution in [0.15, 0.2) is 36.5 Å². The van der Waals surface area contributed by atoms with Gasteiger partial charge in [-0.25, -0.2) is 4.79 Å². The molecule has 0 aliphatic carbocycles. The molecule has 24 heavy (non-hydrogen) atoms. The molecular formula is C14H8F3N3O4. The molecule has 0 fully saturated rings. The molecule has 0 unspecified atom stereocenters. The van der Waals surface area contributed by atoms with E-state index in [9.17, 15) is 27.6 Å². The van der Waals surface area contributed by atoms with E-state index in [1.807, 2.05) is 0 Å². The molecule has 0 atom stereocenters. The van der Waals surface area contributed by atoms with Crippen LogP contribution in [0.2, 0.25) is 0 Å². The maximum Gasteiger partial charge on any atom is 0.408 e. The van der Waals surface area contributed by atoms with E-state index >= 15 is 0 Å². The number of benzene rings is 1. The van der Waals surface area contributed by atoms with Gasteiger partial charge < -0.3 is 4.84 Å². The number of imide groups is 1. The van der Waals surface area contributed by atoms with Gasteiger partial charge in [-0.15, -0.1) is 0 Å². The van der Waals surface area contributed by atoms with Crippen molar-refractivity contribution in [2.24, 2.45) is 0 Å². The molecule has 124 valence electrons. The molecule has 0 radical (unpaired) electrons. The summed E-state index contributed by atoms with van der Waals surface area (Å²) < 4.78 is 37.3. The van der Waals surface area contributed by atoms with Gasteiger partial charge in [0, 0.05) is 6.20 Å². The summed E-state index contributed by atoms with van der Waals surface area (Å²) in [6, 6.07) is 6.84. The Kier molecular flexibility index (Phi) is 3.59. The number of hydrogen-bond donors (Lipinski definition) is 0. The molecule has 0 spiro atoms. The van der Waals surface area contributed by atoms with Crippen molar-refractivity contribution < 1.29 is 32.4 Å². The quantitative estimate of drug-likeness (QED) is 0.797. The number of alkyl halides is 3. The molecule has 1 aromatic heterocycles. The minimum Gasteiger partial charge on any atom is -0.322 e. The maximum absolute atomic E-state index is 12.3. The highest BCUT2D eigenvalue weighted by Gasteiger charge is 2.39. The van der Waals surface area contributed by atoms with Gasteiger partial charge in [-0.05, 0) is 18.2 Å². The van der Waals surface area contributed by atoms with Gasteiger partial charge in [0.05, 0.1) is 11.1 Å². The van der Waals surface area contributed by atoms with E-state index in [4.69, 9.17) is 0 Å². The first-order valence-electron chi connectivity index (χ1n) is 6.56. The van der Waals surface area contributed by atoms with Gasteiger partial charge in [-0.2, -0.15) is 18.3 Å². The number of halogens is 3. The van der Waals surface area contributed by atoms with Gasteiger partial charge in [0.2, 0.25) is 0 Å². The summed E-state index contributed by atoms with van der Waals surface area (Å²) in [5, 5.41) is 3.67. The standard InChI is InChI=1S/C14H8F3N3O4/c15-14(16,17)7-19-6-5-10(18-19)13(23)24-20-11(21)8-3-1-2-4-9(8)12(20)22/h1-6H,7H2. The van der Waals surface area contributed by atoms with Crippen molar-refractivity contribution in [2.75, 3.05) is 0 Å². The molecule has 0 saturated carbocycles. The van der Waals surface area contributed by atoms with Crippen LogP contribution in [-0.4, -0.2) is 38.8 Å². The summed E-state index contributed by atoms with van der Waals surface area (Å²) in [7, 11) is 0. The lowest BCUT2D eigenvalue weighted by Crippen LogP contribution is -2.32. The van der Waals surface area contributed by atoms with E-state index in [0.717, 1.165) is 12.3 Å². The van der Waals surface area contributed by atoms with Gasteiger partial charge in [-0.1, -0.05) is 17.2 Å². The number of aromatic nitrogens is 2. The molecule has 0 N–H and O–H groups in total. The number of rotatable bonds is 3. The van der Waals surface area contributed by atoms with Gasteiger partial charge >= 0.3 is 12.1 Å². The zero-order valence-corrected chi connectivity index (χ0v) is 11.8. The van der Waals surface area contributed by atoms with Crippen molar-refractivity contribution in [2.45, 2.75) is 12.7 Å². The zero-order chi connectivity index (χ0) is 17.5. The fourth-order valence-corrected chi connectivity index (χ4v) is 2.12. The molecule has 2 heterocycles. The Morgan fingerprint density at radius 2 is 1.67 bits per heavy atom. The average Bonchev–Trinajstić information content (AvgIpc) is 3.05. The first kappa shape index (κ1) is 15.7. The third kappa shape index (κ3) is 2.85. The van der Waals surface area contributed by atoms with E-state index in [1.54, 1.807) is 0 Å². The van der Waals surface area contributed by atoms with Crippen LogP contribution in [0.1, 0.15) is 31.2 Å². The Bertz CT molecular complexity index is 809. The minimum absolute atomic E-state index is 0.0675. The average molecular weight is 339 g/mol. The van der Waals surface area contributed by atoms with Gasteiger partial charge in [0.25, 0.3) is 11.8 Å². The summed E-state index contributed by atoms with van der Waals surface area (Å²) in [6.45, 7) is -1.38. The lowest BCUT2D eigenvalue weighted by molar-refractivity contribution is -0.142. The van der Waals surface area contributed by atoms with E-state index in [2.05, 4.69) is 9.94 Å². The van der Waals surface area contributed by atoms with E-state index in [0.29, 0.717) is 4.68 Å². The highest BCUT2D eigenvalue weighted by Crippen LogP contribution is 2.23. The highest BCUT2D eigenvalue weighted by atomic mass is 19.4. The largest absolute Gasteiger partial charge is 0.408 e. The summed E-state index contributed by atoms with van der Waals surface area (Å²) in [5.74, 6) is -2.89. The smallest absolute Gasteiger partial charge is 0.322 e. The van der Waals surface area contributed by atoms with Crippen molar-refractivity contribution in [3.8, 4) is 0 Å². The lowest BCUT2D eigenvalue weighted by atomic mass is 10.1. The second-order valence-electron chi connectivity index (χ2n) is 4.84. The number of amides is 2. The molecule has 2 amide bonds. The van der Waals surface area contributed by atoms with Gasteiger partial charge in [0.1, 0.15) is 6.54 Å². The fraction of sp³-hybridized carbons (Fsp3) is 0.143. The normalized spacial score (nSPS) is 14.0. The number of hydrogen-bond acceptors (Lipinski definition) is 5. The summed E-state index contributed by atoms with van der Waals surface area (Å²) >= 11 is 0. The van der Waals surface area contributed by atoms with Crippen LogP contribution in [-0.2, 0) is 11.4 Å². The Balaban J connectivity index is 1.75. The van der Waals surface area contributed by atoms with Crippen LogP contribution in [0.5, 0.6) is 0 Å². The van der Waals surface area contributed by atoms with Crippen molar-refractivity contribution in [1.29, 1.82) is 0 Å². The van der Waals surface area contributed by atoms with E-state index in [-0.39, 0.29) is 16.2 Å². The molecule has 1 aliphatic rings. The highest BCUT2D eigenvalue weighted by molar-refractivity contribution is 6.21. The first-order valence-corrected chi connectivity index (χ1v) is 6.56. The third-order valence-corrected chi connectivity index (χ3v) is 3.12. The molecule has 1 aliphatic heterocycles. The molecule has 10 heteroatoms. The summed E-state index contributed by atoms with van der Waals surface area (Å²) in [5.41, 5.74) is -0.327. The third-order valence-electron chi connectivity index (χ3n) is 3.12. The fourth-order valence-electron chi connectivity index (χ4n) is 2.12. The van der Waals surface area contributed by atoms with Crippen molar-refractivity contribution in [3.05, 3.63) is 53.3 Å². The molecule has 0 bridgehead atoms. The molecule has 1 aromatic carbocycles. The number of hydroxylamine groups is 2. The Morgan fingerprint density at radius 3 is 2.21 bits per heavy atom. The van der Waals surface area contributed by atoms with Crippen LogP contribution < -0.4 is 0 Å². The van der Waals surface area contributed by atoms with E-state index in [1.165, 1.54) is 24.3 Å². The Labute approximate surface area is 132 Å². The van der Waals surface area contributed by atoms with Crippen LogP contribution in [0.25, 0.3) is 0 Å². The zero-order valence-electron chi connectivity index (χ0n) is 11.8. The van der Waals surface area contributed by atoms with Crippen LogP contribution >= 0.6 is 0 Å². The first-order chi connectivity index (χ1) is 11.3. The van der Waals surface area contributed by atoms with Crippen LogP contribution in [0, 0.1) is 0 Å². The monoisotopic (exact) mass is 339 g/mol. The Hall–Kier alpha value is -3.17. The number of fused-ring (bicyclic) bond motifs is 1. The lowest BCUT2D eigenvalue weighted by Gasteiger charge is -2.11. The number of carbonyl (C=O) groups is 3. The van der Waals surface area contributed by atoms with Crippen LogP contribution in [0.3, 0.4) is 0 Å². The molecule has 7 nitrogen and oxygen atoms in total. The van der Waals surface area contributed by atoms with Gasteiger partial charge in [0.15, 0.2) is 5.69 Å². The molecule has 3 rings (SSSR count). The predicted octanol–water partition coefficient (Wildman–Crippen LogP) is 1.81. The molecular weight excluding hydrogens is 331 g/mol. The van der Waals surface area contributed by atoms with Gasteiger partial charge in [-0.3, -0.25) is 14.3 Å². The maximum atomic E-state index is 12.3. The SMILES string of the molecule is O=C(ON1C(=O)c2ccccc2C1=O)c1ccn(CC(F)(F)F)n1. The second kappa shape index (κ2) is 5.48. The topological polar surface area (TPSA) is 81.5 Å². The van der Waals surface area contributed by atoms with Crippen molar-refractivity contribution in [3.63, 3.8) is 0 Å². The Morgan fingerprint density at radius 1 is 1.08 bits per heavy atom. The number of carbonyl (C=O) groups excluding carboxylic acids is 3. The van der Waals surface area contributed by atoms with Crippen LogP contribution in [0.4, 0.5) is 13.2 Å². The summed E-state index contributed by atoms with van der Waals surface area (Å²) in [6.07, 6.45) is -3.57. The summed E-state index contributed by atoms with van der Waals surface area (Å²) in [4.78, 5) is 40.6. The number of nitrogens with zero attached hydrogens (tertiary/aromatic N) is 3. The predicted molar refractivity (Wildman–Crippen MR) is 70.6 cm³/mol.